The Morgan fingerprint density at radius 1 is 1.17 bits per heavy atom. The lowest BCUT2D eigenvalue weighted by Gasteiger charge is -2.17. The van der Waals surface area contributed by atoms with E-state index in [0.717, 1.165) is 12.0 Å². The van der Waals surface area contributed by atoms with Gasteiger partial charge in [0, 0.05) is 13.5 Å². The molecule has 0 bridgehead atoms. The van der Waals surface area contributed by atoms with E-state index >= 15 is 0 Å². The van der Waals surface area contributed by atoms with Gasteiger partial charge in [-0.2, -0.15) is 5.10 Å². The van der Waals surface area contributed by atoms with Gasteiger partial charge in [0.05, 0.1) is 6.54 Å². The summed E-state index contributed by atoms with van der Waals surface area (Å²) in [6.45, 7) is 0.631. The molecule has 0 aromatic heterocycles. The summed E-state index contributed by atoms with van der Waals surface area (Å²) in [5.41, 5.74) is 1.52. The molecule has 0 amide bonds. The first kappa shape index (κ1) is 12.5. The van der Waals surface area contributed by atoms with Gasteiger partial charge in [-0.3, -0.25) is 14.6 Å². The molecular weight excluding hydrogens is 228 g/mol. The molecule has 1 aromatic carbocycles. The highest BCUT2D eigenvalue weighted by Gasteiger charge is 2.25. The number of ketones is 2. The molecule has 18 heavy (non-hydrogen) atoms. The minimum atomic E-state index is -0.416. The van der Waals surface area contributed by atoms with Crippen LogP contribution < -0.4 is 0 Å². The second-order valence-corrected chi connectivity index (χ2v) is 4.45. The summed E-state index contributed by atoms with van der Waals surface area (Å²) in [7, 11) is 1.81. The van der Waals surface area contributed by atoms with Crippen molar-refractivity contribution in [2.75, 3.05) is 7.05 Å². The topological polar surface area (TPSA) is 49.7 Å². The van der Waals surface area contributed by atoms with Gasteiger partial charge in [0.15, 0.2) is 0 Å². The van der Waals surface area contributed by atoms with Crippen molar-refractivity contribution < 1.29 is 9.59 Å². The molecule has 0 spiro atoms. The molecule has 0 N–H and O–H groups in total. The Kier molecular flexibility index (Phi) is 3.87. The first-order valence-electron chi connectivity index (χ1n) is 6.07. The third kappa shape index (κ3) is 3.03. The van der Waals surface area contributed by atoms with Crippen LogP contribution in [0.15, 0.2) is 35.4 Å². The van der Waals surface area contributed by atoms with Crippen LogP contribution in [0.3, 0.4) is 0 Å². The van der Waals surface area contributed by atoms with E-state index < -0.39 is 5.78 Å². The van der Waals surface area contributed by atoms with Crippen molar-refractivity contribution in [1.29, 1.82) is 0 Å². The summed E-state index contributed by atoms with van der Waals surface area (Å²) in [5.74, 6) is -0.728. The number of hydrogen-bond donors (Lipinski definition) is 0. The van der Waals surface area contributed by atoms with Crippen molar-refractivity contribution in [3.8, 4) is 0 Å². The molecule has 1 aromatic rings. The van der Waals surface area contributed by atoms with Crippen LogP contribution in [0.25, 0.3) is 0 Å². The van der Waals surface area contributed by atoms with Crippen LogP contribution in [-0.2, 0) is 16.1 Å². The highest BCUT2D eigenvalue weighted by Crippen LogP contribution is 2.11. The molecular formula is C14H16N2O2. The highest BCUT2D eigenvalue weighted by molar-refractivity contribution is 6.66. The molecule has 0 aliphatic heterocycles. The minimum Gasteiger partial charge on any atom is -0.295 e. The smallest absolute Gasteiger partial charge is 0.244 e. The minimum absolute atomic E-state index is 0.312. The van der Waals surface area contributed by atoms with Crippen LogP contribution in [0.1, 0.15) is 24.8 Å². The summed E-state index contributed by atoms with van der Waals surface area (Å²) in [4.78, 5) is 22.9. The number of nitrogens with zero attached hydrogens (tertiary/aromatic N) is 2. The fourth-order valence-electron chi connectivity index (χ4n) is 1.99. The van der Waals surface area contributed by atoms with Crippen molar-refractivity contribution in [3.63, 3.8) is 0 Å². The number of carbonyl (C=O) groups is 2. The lowest BCUT2D eigenvalue weighted by molar-refractivity contribution is -0.133. The standard InChI is InChI=1S/C14H16N2O2/c1-16(10-11-6-3-2-4-7-11)15-12-8-5-9-13(17)14(12)18/h2-4,6-7H,5,8-10H2,1H3. The van der Waals surface area contributed by atoms with Crippen LogP contribution in [0.2, 0.25) is 0 Å². The molecule has 0 saturated heterocycles. The van der Waals surface area contributed by atoms with E-state index in [2.05, 4.69) is 5.10 Å². The van der Waals surface area contributed by atoms with Gasteiger partial charge in [-0.1, -0.05) is 30.3 Å². The Bertz CT molecular complexity index is 480. The van der Waals surface area contributed by atoms with Gasteiger partial charge in [0.1, 0.15) is 5.71 Å². The van der Waals surface area contributed by atoms with Crippen LogP contribution >= 0.6 is 0 Å². The normalized spacial score (nSPS) is 18.2. The first-order chi connectivity index (χ1) is 8.66. The zero-order valence-corrected chi connectivity index (χ0v) is 10.4. The highest BCUT2D eigenvalue weighted by atomic mass is 16.2. The molecule has 1 aliphatic rings. The van der Waals surface area contributed by atoms with E-state index in [1.54, 1.807) is 5.01 Å². The average molecular weight is 244 g/mol. The molecule has 1 aliphatic carbocycles. The largest absolute Gasteiger partial charge is 0.295 e. The molecule has 0 unspecified atom stereocenters. The molecule has 0 radical (unpaired) electrons. The molecule has 94 valence electrons. The zero-order chi connectivity index (χ0) is 13.0. The van der Waals surface area contributed by atoms with Crippen molar-refractivity contribution >= 4 is 17.3 Å². The Balaban J connectivity index is 2.04. The molecule has 0 atom stereocenters. The monoisotopic (exact) mass is 244 g/mol. The van der Waals surface area contributed by atoms with Gasteiger partial charge in [0.2, 0.25) is 11.6 Å². The van der Waals surface area contributed by atoms with Gasteiger partial charge in [-0.25, -0.2) is 0 Å². The van der Waals surface area contributed by atoms with Crippen molar-refractivity contribution in [2.45, 2.75) is 25.8 Å². The number of carbonyl (C=O) groups excluding carboxylic acids is 2. The van der Waals surface area contributed by atoms with Gasteiger partial charge >= 0.3 is 0 Å². The fraction of sp³-hybridized carbons (Fsp3) is 0.357. The Hall–Kier alpha value is -1.97. The number of benzene rings is 1. The quantitative estimate of drug-likeness (QED) is 0.601. The van der Waals surface area contributed by atoms with E-state index in [1.807, 2.05) is 37.4 Å². The molecule has 1 saturated carbocycles. The number of Topliss-reactive ketones (excluding diaryl/α,β-unsaturated/α-hetero) is 2. The fourth-order valence-corrected chi connectivity index (χ4v) is 1.99. The van der Waals surface area contributed by atoms with Crippen molar-refractivity contribution in [2.24, 2.45) is 5.10 Å². The zero-order valence-electron chi connectivity index (χ0n) is 10.4. The number of rotatable bonds is 3. The third-order valence-electron chi connectivity index (χ3n) is 2.88. The van der Waals surface area contributed by atoms with E-state index in [4.69, 9.17) is 0 Å². The van der Waals surface area contributed by atoms with Crippen molar-refractivity contribution in [3.05, 3.63) is 35.9 Å². The summed E-state index contributed by atoms with van der Waals surface area (Å²) >= 11 is 0. The van der Waals surface area contributed by atoms with Crippen molar-refractivity contribution in [1.82, 2.24) is 5.01 Å². The number of hydrogen-bond acceptors (Lipinski definition) is 4. The molecule has 0 heterocycles. The molecule has 4 nitrogen and oxygen atoms in total. The van der Waals surface area contributed by atoms with E-state index in [0.29, 0.717) is 25.1 Å². The van der Waals surface area contributed by atoms with E-state index in [9.17, 15) is 9.59 Å². The van der Waals surface area contributed by atoms with Crippen LogP contribution in [0.4, 0.5) is 0 Å². The molecule has 4 heteroatoms. The van der Waals surface area contributed by atoms with Crippen LogP contribution in [0, 0.1) is 0 Å². The summed E-state index contributed by atoms with van der Waals surface area (Å²) in [6, 6.07) is 9.89. The Labute approximate surface area is 106 Å². The molecule has 2 rings (SSSR count). The van der Waals surface area contributed by atoms with E-state index in [1.165, 1.54) is 0 Å². The second-order valence-electron chi connectivity index (χ2n) is 4.45. The maximum Gasteiger partial charge on any atom is 0.244 e. The third-order valence-corrected chi connectivity index (χ3v) is 2.88. The Morgan fingerprint density at radius 2 is 1.89 bits per heavy atom. The SMILES string of the molecule is CN(Cc1ccccc1)N=C1CCCC(=O)C1=O. The summed E-state index contributed by atoms with van der Waals surface area (Å²) < 4.78 is 0. The first-order valence-corrected chi connectivity index (χ1v) is 6.07. The molecule has 1 fully saturated rings. The van der Waals surface area contributed by atoms with Gasteiger partial charge < -0.3 is 0 Å². The van der Waals surface area contributed by atoms with Crippen LogP contribution in [-0.4, -0.2) is 29.3 Å². The average Bonchev–Trinajstić information content (AvgIpc) is 2.36. The van der Waals surface area contributed by atoms with Gasteiger partial charge in [0.25, 0.3) is 0 Å². The lowest BCUT2D eigenvalue weighted by Crippen LogP contribution is -2.30. The lowest BCUT2D eigenvalue weighted by atomic mass is 9.96. The second kappa shape index (κ2) is 5.58. The predicted molar refractivity (Wildman–Crippen MR) is 69.2 cm³/mol. The Morgan fingerprint density at radius 3 is 2.61 bits per heavy atom. The number of hydrazone groups is 1. The maximum absolute atomic E-state index is 11.6. The summed E-state index contributed by atoms with van der Waals surface area (Å²) in [5, 5.41) is 5.95. The van der Waals surface area contributed by atoms with E-state index in [-0.39, 0.29) is 5.78 Å². The maximum atomic E-state index is 11.6. The summed E-state index contributed by atoms with van der Waals surface area (Å²) in [6.07, 6.45) is 1.69. The van der Waals surface area contributed by atoms with Gasteiger partial charge in [-0.15, -0.1) is 0 Å². The van der Waals surface area contributed by atoms with Crippen LogP contribution in [0.5, 0.6) is 0 Å². The van der Waals surface area contributed by atoms with Gasteiger partial charge in [-0.05, 0) is 18.4 Å². The predicted octanol–water partition coefficient (Wildman–Crippen LogP) is 1.80.